The fourth-order valence-electron chi connectivity index (χ4n) is 2.43. The summed E-state index contributed by atoms with van der Waals surface area (Å²) in [4.78, 5) is 4.68. The lowest BCUT2D eigenvalue weighted by Gasteiger charge is -2.14. The molecule has 0 radical (unpaired) electrons. The summed E-state index contributed by atoms with van der Waals surface area (Å²) in [6, 6.07) is 12.0. The van der Waals surface area contributed by atoms with Crippen LogP contribution in [-0.4, -0.2) is 19.9 Å². The first-order valence-corrected chi connectivity index (χ1v) is 8.27. The zero-order chi connectivity index (χ0) is 18.1. The Morgan fingerprint density at radius 1 is 1.00 bits per heavy atom. The molecule has 0 heterocycles. The Hall–Kier alpha value is -2.75. The minimum Gasteiger partial charge on any atom is -0.490 e. The fraction of sp³-hybridized carbons (Fsp3) is 0.286. The molecule has 0 N–H and O–H groups in total. The number of allylic oxidation sites excluding steroid dienone is 1. The molecule has 0 saturated carbocycles. The number of ether oxygens (including phenoxy) is 2. The van der Waals surface area contributed by atoms with Crippen LogP contribution in [0.5, 0.6) is 11.5 Å². The van der Waals surface area contributed by atoms with Crippen molar-refractivity contribution in [3.05, 3.63) is 70.8 Å². The number of oxime groups is 1. The summed E-state index contributed by atoms with van der Waals surface area (Å²) in [5.74, 6) is 1.77. The van der Waals surface area contributed by atoms with Gasteiger partial charge in [-0.25, -0.2) is 0 Å². The number of rotatable bonds is 8. The maximum Gasteiger partial charge on any atom is 0.125 e. The molecule has 0 amide bonds. The van der Waals surface area contributed by atoms with Gasteiger partial charge in [0.2, 0.25) is 0 Å². The van der Waals surface area contributed by atoms with Crippen molar-refractivity contribution in [3.8, 4) is 11.5 Å². The molecule has 0 spiro atoms. The summed E-state index contributed by atoms with van der Waals surface area (Å²) in [7, 11) is 1.53. The number of nitrogens with zero attached hydrogens (tertiary/aromatic N) is 1. The van der Waals surface area contributed by atoms with E-state index in [0.29, 0.717) is 13.2 Å². The molecule has 2 rings (SSSR count). The smallest absolute Gasteiger partial charge is 0.125 e. The van der Waals surface area contributed by atoms with Crippen molar-refractivity contribution in [2.45, 2.75) is 27.4 Å². The third-order valence-electron chi connectivity index (χ3n) is 3.69. The number of hydrogen-bond donors (Lipinski definition) is 0. The van der Waals surface area contributed by atoms with E-state index in [4.69, 9.17) is 9.47 Å². The molecular formula is C21H25NO3. The van der Waals surface area contributed by atoms with Crippen molar-refractivity contribution in [1.29, 1.82) is 0 Å². The largest absolute Gasteiger partial charge is 0.490 e. The van der Waals surface area contributed by atoms with Gasteiger partial charge in [-0.1, -0.05) is 41.6 Å². The highest BCUT2D eigenvalue weighted by atomic mass is 16.6. The molecule has 4 heteroatoms. The summed E-state index contributed by atoms with van der Waals surface area (Å²) < 4.78 is 11.7. The van der Waals surface area contributed by atoms with Gasteiger partial charge in [-0.3, -0.25) is 0 Å². The van der Waals surface area contributed by atoms with Crippen LogP contribution < -0.4 is 9.47 Å². The molecule has 132 valence electrons. The van der Waals surface area contributed by atoms with E-state index >= 15 is 0 Å². The monoisotopic (exact) mass is 339 g/mol. The van der Waals surface area contributed by atoms with Crippen molar-refractivity contribution in [1.82, 2.24) is 0 Å². The van der Waals surface area contributed by atoms with Crippen LogP contribution in [0.4, 0.5) is 0 Å². The molecule has 0 unspecified atom stereocenters. The molecule has 2 aromatic rings. The molecule has 0 saturated heterocycles. The first-order valence-electron chi connectivity index (χ1n) is 8.27. The van der Waals surface area contributed by atoms with Gasteiger partial charge in [0.1, 0.15) is 31.8 Å². The Morgan fingerprint density at radius 2 is 1.68 bits per heavy atom. The van der Waals surface area contributed by atoms with Gasteiger partial charge < -0.3 is 14.3 Å². The fourth-order valence-corrected chi connectivity index (χ4v) is 2.43. The summed E-state index contributed by atoms with van der Waals surface area (Å²) in [6.45, 7) is 7.15. The minimum atomic E-state index is 0.516. The highest BCUT2D eigenvalue weighted by molar-refractivity contribution is 5.79. The van der Waals surface area contributed by atoms with Gasteiger partial charge in [0.15, 0.2) is 0 Å². The molecule has 4 nitrogen and oxygen atoms in total. The first kappa shape index (κ1) is 18.6. The lowest BCUT2D eigenvalue weighted by atomic mass is 10.1. The van der Waals surface area contributed by atoms with Crippen molar-refractivity contribution < 1.29 is 14.3 Å². The Bertz CT molecular complexity index is 710. The van der Waals surface area contributed by atoms with Gasteiger partial charge in [-0.05, 0) is 55.2 Å². The Kier molecular flexibility index (Phi) is 7.08. The van der Waals surface area contributed by atoms with Crippen LogP contribution in [0.15, 0.2) is 53.7 Å². The maximum absolute atomic E-state index is 6.03. The predicted octanol–water partition coefficient (Wildman–Crippen LogP) is 4.82. The van der Waals surface area contributed by atoms with Crippen molar-refractivity contribution in [3.63, 3.8) is 0 Å². The summed E-state index contributed by atoms with van der Waals surface area (Å²) >= 11 is 0. The molecule has 0 bridgehead atoms. The molecule has 0 aliphatic carbocycles. The van der Waals surface area contributed by atoms with Crippen LogP contribution in [0.25, 0.3) is 0 Å². The molecule has 0 aliphatic rings. The topological polar surface area (TPSA) is 40.0 Å². The van der Waals surface area contributed by atoms with E-state index in [9.17, 15) is 0 Å². The van der Waals surface area contributed by atoms with E-state index in [1.165, 1.54) is 7.11 Å². The van der Waals surface area contributed by atoms with E-state index in [-0.39, 0.29) is 0 Å². The van der Waals surface area contributed by atoms with Gasteiger partial charge in [-0.15, -0.1) is 0 Å². The van der Waals surface area contributed by atoms with Crippen LogP contribution in [0.1, 0.15) is 29.2 Å². The van der Waals surface area contributed by atoms with Gasteiger partial charge in [0, 0.05) is 0 Å². The number of hydrogen-bond acceptors (Lipinski definition) is 4. The second-order valence-electron chi connectivity index (χ2n) is 5.71. The Labute approximate surface area is 149 Å². The van der Waals surface area contributed by atoms with Gasteiger partial charge in [0.25, 0.3) is 0 Å². The van der Waals surface area contributed by atoms with Crippen LogP contribution in [-0.2, 0) is 11.4 Å². The van der Waals surface area contributed by atoms with Gasteiger partial charge in [-0.2, -0.15) is 0 Å². The third-order valence-corrected chi connectivity index (χ3v) is 3.69. The highest BCUT2D eigenvalue weighted by Gasteiger charge is 2.07. The lowest BCUT2D eigenvalue weighted by Crippen LogP contribution is -2.01. The predicted molar refractivity (Wildman–Crippen MR) is 102 cm³/mol. The van der Waals surface area contributed by atoms with Crippen molar-refractivity contribution >= 4 is 6.21 Å². The zero-order valence-corrected chi connectivity index (χ0v) is 15.3. The molecule has 0 aromatic heterocycles. The Morgan fingerprint density at radius 3 is 2.28 bits per heavy atom. The third kappa shape index (κ3) is 5.68. The van der Waals surface area contributed by atoms with E-state index in [1.807, 2.05) is 69.3 Å². The average Bonchev–Trinajstić information content (AvgIpc) is 2.60. The SMILES string of the molecule is C/C=C/COc1cc(C)c(OCc2ccc(/C=N/OC)cc2)c(C)c1. The molecule has 25 heavy (non-hydrogen) atoms. The van der Waals surface area contributed by atoms with Crippen LogP contribution in [0.2, 0.25) is 0 Å². The van der Waals surface area contributed by atoms with Crippen molar-refractivity contribution in [2.24, 2.45) is 5.16 Å². The summed E-state index contributed by atoms with van der Waals surface area (Å²) in [5, 5.41) is 3.75. The molecule has 0 fully saturated rings. The molecular weight excluding hydrogens is 314 g/mol. The zero-order valence-electron chi connectivity index (χ0n) is 15.3. The second-order valence-corrected chi connectivity index (χ2v) is 5.71. The lowest BCUT2D eigenvalue weighted by molar-refractivity contribution is 0.215. The van der Waals surface area contributed by atoms with Gasteiger partial charge >= 0.3 is 0 Å². The Balaban J connectivity index is 2.01. The van der Waals surface area contributed by atoms with E-state index < -0.39 is 0 Å². The van der Waals surface area contributed by atoms with Crippen LogP contribution in [0.3, 0.4) is 0 Å². The summed E-state index contributed by atoms with van der Waals surface area (Å²) in [6.07, 6.45) is 5.63. The minimum absolute atomic E-state index is 0.516. The van der Waals surface area contributed by atoms with Crippen LogP contribution >= 0.6 is 0 Å². The first-order chi connectivity index (χ1) is 12.1. The molecule has 2 aromatic carbocycles. The van der Waals surface area contributed by atoms with E-state index in [0.717, 1.165) is 33.8 Å². The number of aryl methyl sites for hydroxylation is 2. The van der Waals surface area contributed by atoms with E-state index in [2.05, 4.69) is 9.99 Å². The van der Waals surface area contributed by atoms with Gasteiger partial charge in [0.05, 0.1) is 6.21 Å². The number of benzene rings is 2. The van der Waals surface area contributed by atoms with Crippen molar-refractivity contribution in [2.75, 3.05) is 13.7 Å². The van der Waals surface area contributed by atoms with Crippen LogP contribution in [0, 0.1) is 13.8 Å². The standard InChI is InChI=1S/C21H25NO3/c1-5-6-11-24-20-12-16(2)21(17(3)13-20)25-15-19-9-7-18(8-10-19)14-22-23-4/h5-10,12-14H,11,15H2,1-4H3/b6-5+,22-14+. The molecule has 0 aliphatic heterocycles. The second kappa shape index (κ2) is 9.52. The molecule has 0 atom stereocenters. The summed E-state index contributed by atoms with van der Waals surface area (Å²) in [5.41, 5.74) is 4.22. The highest BCUT2D eigenvalue weighted by Crippen LogP contribution is 2.29. The quantitative estimate of drug-likeness (QED) is 0.393. The average molecular weight is 339 g/mol. The normalized spacial score (nSPS) is 11.2. The maximum atomic E-state index is 6.03. The van der Waals surface area contributed by atoms with E-state index in [1.54, 1.807) is 6.21 Å².